The molecule has 38 heavy (non-hydrogen) atoms. The summed E-state index contributed by atoms with van der Waals surface area (Å²) in [6.45, 7) is 2.01. The minimum atomic E-state index is -0.590. The summed E-state index contributed by atoms with van der Waals surface area (Å²) < 4.78 is 25.8. The van der Waals surface area contributed by atoms with Crippen LogP contribution in [-0.4, -0.2) is 41.0 Å². The van der Waals surface area contributed by atoms with Gasteiger partial charge in [-0.2, -0.15) is 4.39 Å². The van der Waals surface area contributed by atoms with Gasteiger partial charge in [-0.3, -0.25) is 18.6 Å². The normalized spacial score (nSPS) is 21.4. The number of aryl methyl sites for hydroxylation is 2. The van der Waals surface area contributed by atoms with E-state index in [0.717, 1.165) is 27.6 Å². The van der Waals surface area contributed by atoms with Gasteiger partial charge in [0.1, 0.15) is 11.8 Å². The highest BCUT2D eigenvalue weighted by Gasteiger charge is 2.34. The van der Waals surface area contributed by atoms with Crippen molar-refractivity contribution in [2.75, 3.05) is 0 Å². The summed E-state index contributed by atoms with van der Waals surface area (Å²) in [4.78, 5) is 34.4. The van der Waals surface area contributed by atoms with Gasteiger partial charge in [0.25, 0.3) is 0 Å². The van der Waals surface area contributed by atoms with E-state index in [2.05, 4.69) is 15.1 Å². The van der Waals surface area contributed by atoms with Crippen LogP contribution in [0.5, 0.6) is 0 Å². The van der Waals surface area contributed by atoms with Crippen molar-refractivity contribution in [2.45, 2.75) is 50.7 Å². The molecule has 2 aliphatic heterocycles. The Kier molecular flexibility index (Phi) is 4.92. The highest BCUT2D eigenvalue weighted by Crippen LogP contribution is 2.43. The standard InChI is InChI=1S/C28H27FN6O3/c1-14-10-21(36)38-18-9-8-17(11-18)35-25-20(34(3)28(35)37)12-30-27-23(25)22(16-6-4-15(14)5-7-16)24(31-27)19-13-33(2)32-26(19)29/h4-7,12-14,17-18H,8-11H2,1-3H3,(H,30,31). The van der Waals surface area contributed by atoms with Gasteiger partial charge in [-0.05, 0) is 29.9 Å². The van der Waals surface area contributed by atoms with Crippen LogP contribution >= 0.6 is 0 Å². The van der Waals surface area contributed by atoms with E-state index in [-0.39, 0.29) is 36.1 Å². The zero-order valence-corrected chi connectivity index (χ0v) is 21.4. The van der Waals surface area contributed by atoms with Gasteiger partial charge in [0.05, 0.1) is 40.3 Å². The summed E-state index contributed by atoms with van der Waals surface area (Å²) in [5, 5.41) is 4.69. The van der Waals surface area contributed by atoms with Gasteiger partial charge in [0, 0.05) is 38.3 Å². The molecule has 8 rings (SSSR count). The lowest BCUT2D eigenvalue weighted by Crippen LogP contribution is -2.26. The van der Waals surface area contributed by atoms with E-state index in [0.29, 0.717) is 41.7 Å². The fourth-order valence-electron chi connectivity index (χ4n) is 6.28. The summed E-state index contributed by atoms with van der Waals surface area (Å²) in [5.41, 5.74) is 5.36. The Morgan fingerprint density at radius 2 is 1.92 bits per heavy atom. The molecule has 6 heterocycles. The molecular formula is C28H27FN6O3. The topological polar surface area (TPSA) is 99.7 Å². The Labute approximate surface area is 216 Å². The number of ether oxygens (including phenoxy) is 1. The molecule has 0 spiro atoms. The van der Waals surface area contributed by atoms with Crippen molar-refractivity contribution in [1.29, 1.82) is 0 Å². The van der Waals surface area contributed by atoms with E-state index >= 15 is 4.39 Å². The number of benzene rings is 1. The molecule has 1 saturated carbocycles. The minimum absolute atomic E-state index is 0.0217. The summed E-state index contributed by atoms with van der Waals surface area (Å²) in [5.74, 6) is -0.835. The summed E-state index contributed by atoms with van der Waals surface area (Å²) in [6, 6.07) is 7.81. The van der Waals surface area contributed by atoms with Gasteiger partial charge in [-0.15, -0.1) is 5.10 Å². The Morgan fingerprint density at radius 1 is 1.13 bits per heavy atom. The number of aromatic amines is 1. The number of carbonyl (C=O) groups excluding carboxylic acids is 1. The molecule has 3 aliphatic rings. The molecule has 0 amide bonds. The first-order valence-electron chi connectivity index (χ1n) is 12.9. The number of nitrogens with zero attached hydrogens (tertiary/aromatic N) is 5. The van der Waals surface area contributed by atoms with Crippen molar-refractivity contribution >= 4 is 28.0 Å². The lowest BCUT2D eigenvalue weighted by atomic mass is 9.93. The Balaban J connectivity index is 1.61. The minimum Gasteiger partial charge on any atom is -0.462 e. The molecule has 0 radical (unpaired) electrons. The van der Waals surface area contributed by atoms with E-state index in [1.807, 2.05) is 35.8 Å². The van der Waals surface area contributed by atoms with Gasteiger partial charge in [0.15, 0.2) is 0 Å². The molecule has 9 nitrogen and oxygen atoms in total. The molecule has 1 aliphatic carbocycles. The van der Waals surface area contributed by atoms with Crippen molar-refractivity contribution in [2.24, 2.45) is 14.1 Å². The SMILES string of the molecule is CC1CC(=O)OC2CCC(C2)n2c(=O)n(C)c3cnc4[nH]c(-c5cn(C)nc5F)c(c4c32)-c2ccc1cc2. The number of aromatic nitrogens is 6. The molecule has 1 fully saturated rings. The maximum Gasteiger partial charge on any atom is 0.329 e. The Morgan fingerprint density at radius 3 is 2.66 bits per heavy atom. The fourth-order valence-corrected chi connectivity index (χ4v) is 6.28. The number of pyridine rings is 1. The van der Waals surface area contributed by atoms with Crippen LogP contribution in [0.4, 0.5) is 4.39 Å². The number of halogens is 1. The van der Waals surface area contributed by atoms with E-state index in [1.54, 1.807) is 31.1 Å². The van der Waals surface area contributed by atoms with Crippen molar-refractivity contribution in [3.8, 4) is 22.4 Å². The van der Waals surface area contributed by atoms with E-state index < -0.39 is 5.95 Å². The van der Waals surface area contributed by atoms with E-state index in [4.69, 9.17) is 4.74 Å². The molecule has 4 bridgehead atoms. The second-order valence-electron chi connectivity index (χ2n) is 10.6. The lowest BCUT2D eigenvalue weighted by Gasteiger charge is -2.16. The first-order chi connectivity index (χ1) is 18.3. The van der Waals surface area contributed by atoms with Crippen LogP contribution < -0.4 is 5.69 Å². The second-order valence-corrected chi connectivity index (χ2v) is 10.6. The van der Waals surface area contributed by atoms with Crippen LogP contribution in [0.1, 0.15) is 50.1 Å². The first kappa shape index (κ1) is 22.9. The van der Waals surface area contributed by atoms with Crippen LogP contribution in [0, 0.1) is 5.95 Å². The van der Waals surface area contributed by atoms with E-state index in [1.165, 1.54) is 4.68 Å². The molecule has 5 aromatic rings. The highest BCUT2D eigenvalue weighted by molar-refractivity contribution is 6.14. The summed E-state index contributed by atoms with van der Waals surface area (Å²) in [6.07, 6.45) is 5.34. The number of hydrogen-bond acceptors (Lipinski definition) is 5. The zero-order chi connectivity index (χ0) is 26.3. The monoisotopic (exact) mass is 514 g/mol. The number of carbonyl (C=O) groups is 1. The van der Waals surface area contributed by atoms with Gasteiger partial charge in [-0.1, -0.05) is 31.2 Å². The third-order valence-electron chi connectivity index (χ3n) is 8.19. The number of esters is 1. The zero-order valence-electron chi connectivity index (χ0n) is 21.4. The number of hydrogen-bond donors (Lipinski definition) is 1. The van der Waals surface area contributed by atoms with Crippen LogP contribution in [0.3, 0.4) is 0 Å². The predicted octanol–water partition coefficient (Wildman–Crippen LogP) is 4.57. The Hall–Kier alpha value is -4.21. The largest absolute Gasteiger partial charge is 0.462 e. The molecule has 0 saturated heterocycles. The summed E-state index contributed by atoms with van der Waals surface area (Å²) in [7, 11) is 3.42. The smallest absolute Gasteiger partial charge is 0.329 e. The van der Waals surface area contributed by atoms with Gasteiger partial charge in [-0.25, -0.2) is 9.78 Å². The molecule has 4 aromatic heterocycles. The van der Waals surface area contributed by atoms with Gasteiger partial charge in [0.2, 0.25) is 5.95 Å². The number of fused-ring (bicyclic) bond motifs is 5. The second kappa shape index (κ2) is 8.14. The molecule has 1 aromatic carbocycles. The molecular weight excluding hydrogens is 487 g/mol. The molecule has 194 valence electrons. The summed E-state index contributed by atoms with van der Waals surface area (Å²) >= 11 is 0. The predicted molar refractivity (Wildman–Crippen MR) is 140 cm³/mol. The lowest BCUT2D eigenvalue weighted by molar-refractivity contribution is -0.149. The third-order valence-corrected chi connectivity index (χ3v) is 8.19. The number of H-pyrrole nitrogens is 1. The number of nitrogens with one attached hydrogen (secondary N) is 1. The van der Waals surface area contributed by atoms with Gasteiger partial charge >= 0.3 is 11.7 Å². The maximum atomic E-state index is 15.1. The third kappa shape index (κ3) is 3.28. The quantitative estimate of drug-likeness (QED) is 0.331. The van der Waals surface area contributed by atoms with Crippen molar-refractivity contribution in [1.82, 2.24) is 28.9 Å². The van der Waals surface area contributed by atoms with Crippen molar-refractivity contribution < 1.29 is 13.9 Å². The Bertz CT molecular complexity index is 1810. The average molecular weight is 515 g/mol. The molecule has 3 atom stereocenters. The molecule has 1 N–H and O–H groups in total. The van der Waals surface area contributed by atoms with Crippen molar-refractivity contribution in [3.05, 3.63) is 58.7 Å². The van der Waals surface area contributed by atoms with Crippen LogP contribution in [0.15, 0.2) is 41.5 Å². The van der Waals surface area contributed by atoms with Crippen LogP contribution in [-0.2, 0) is 23.6 Å². The molecule has 10 heteroatoms. The average Bonchev–Trinajstić information content (AvgIpc) is 3.63. The highest BCUT2D eigenvalue weighted by atomic mass is 19.1. The first-order valence-corrected chi connectivity index (χ1v) is 12.9. The maximum absolute atomic E-state index is 15.1. The molecule has 3 unspecified atom stereocenters. The fraction of sp³-hybridized carbons (Fsp3) is 0.357. The van der Waals surface area contributed by atoms with Crippen molar-refractivity contribution in [3.63, 3.8) is 0 Å². The number of rotatable bonds is 1. The van der Waals surface area contributed by atoms with E-state index in [9.17, 15) is 9.59 Å². The van der Waals surface area contributed by atoms with Crippen LogP contribution in [0.2, 0.25) is 0 Å². The van der Waals surface area contributed by atoms with Crippen LogP contribution in [0.25, 0.3) is 44.5 Å². The van der Waals surface area contributed by atoms with Gasteiger partial charge < -0.3 is 9.72 Å². The number of imidazole rings is 1.